The summed E-state index contributed by atoms with van der Waals surface area (Å²) in [5, 5.41) is 0. The van der Waals surface area contributed by atoms with Gasteiger partial charge in [-0.1, -0.05) is 31.9 Å². The van der Waals surface area contributed by atoms with Crippen molar-refractivity contribution in [1.29, 1.82) is 0 Å². The lowest BCUT2D eigenvalue weighted by Gasteiger charge is -2.15. The topological polar surface area (TPSA) is 35.2 Å². The van der Waals surface area contributed by atoms with Gasteiger partial charge in [0.05, 0.1) is 6.10 Å². The zero-order chi connectivity index (χ0) is 10.4. The van der Waals surface area contributed by atoms with E-state index in [0.29, 0.717) is 0 Å². The average molecular weight is 193 g/mol. The van der Waals surface area contributed by atoms with Crippen molar-refractivity contribution >= 4 is 5.69 Å². The van der Waals surface area contributed by atoms with E-state index in [1.807, 2.05) is 24.3 Å². The van der Waals surface area contributed by atoms with Gasteiger partial charge in [0.1, 0.15) is 0 Å². The van der Waals surface area contributed by atoms with E-state index < -0.39 is 0 Å². The van der Waals surface area contributed by atoms with Gasteiger partial charge >= 0.3 is 0 Å². The number of benzene rings is 1. The summed E-state index contributed by atoms with van der Waals surface area (Å²) in [6.45, 7) is 2.19. The van der Waals surface area contributed by atoms with Gasteiger partial charge in [0.25, 0.3) is 0 Å². The maximum Gasteiger partial charge on any atom is 0.0821 e. The lowest BCUT2D eigenvalue weighted by Crippen LogP contribution is -2.01. The molecule has 1 aromatic carbocycles. The van der Waals surface area contributed by atoms with Crippen molar-refractivity contribution in [2.75, 3.05) is 12.8 Å². The van der Waals surface area contributed by atoms with Crippen molar-refractivity contribution in [3.63, 3.8) is 0 Å². The summed E-state index contributed by atoms with van der Waals surface area (Å²) in [4.78, 5) is 0. The molecule has 0 unspecified atom stereocenters. The molecule has 78 valence electrons. The Morgan fingerprint density at radius 3 is 2.43 bits per heavy atom. The monoisotopic (exact) mass is 193 g/mol. The summed E-state index contributed by atoms with van der Waals surface area (Å²) >= 11 is 0. The van der Waals surface area contributed by atoms with Crippen LogP contribution in [0.4, 0.5) is 5.69 Å². The van der Waals surface area contributed by atoms with Gasteiger partial charge in [0, 0.05) is 12.8 Å². The highest BCUT2D eigenvalue weighted by Gasteiger charge is 2.08. The fraction of sp³-hybridized carbons (Fsp3) is 0.500. The van der Waals surface area contributed by atoms with Gasteiger partial charge in [-0.2, -0.15) is 0 Å². The maximum absolute atomic E-state index is 5.63. The number of ether oxygens (including phenoxy) is 1. The molecule has 1 aromatic rings. The Labute approximate surface area is 86.1 Å². The van der Waals surface area contributed by atoms with Crippen LogP contribution in [0.2, 0.25) is 0 Å². The van der Waals surface area contributed by atoms with Crippen LogP contribution in [-0.2, 0) is 4.74 Å². The van der Waals surface area contributed by atoms with Crippen LogP contribution in [-0.4, -0.2) is 7.11 Å². The Morgan fingerprint density at radius 2 is 1.93 bits per heavy atom. The summed E-state index contributed by atoms with van der Waals surface area (Å²) in [7, 11) is 1.76. The van der Waals surface area contributed by atoms with Crippen LogP contribution < -0.4 is 5.73 Å². The second-order valence-electron chi connectivity index (χ2n) is 3.53. The van der Waals surface area contributed by atoms with Crippen molar-refractivity contribution < 1.29 is 4.74 Å². The molecule has 14 heavy (non-hydrogen) atoms. The van der Waals surface area contributed by atoms with E-state index in [4.69, 9.17) is 10.5 Å². The van der Waals surface area contributed by atoms with Gasteiger partial charge in [-0.25, -0.2) is 0 Å². The molecule has 0 aromatic heterocycles. The van der Waals surface area contributed by atoms with Crippen molar-refractivity contribution in [3.05, 3.63) is 29.8 Å². The van der Waals surface area contributed by atoms with Crippen molar-refractivity contribution in [1.82, 2.24) is 0 Å². The highest BCUT2D eigenvalue weighted by atomic mass is 16.5. The second-order valence-corrected chi connectivity index (χ2v) is 3.53. The fourth-order valence-electron chi connectivity index (χ4n) is 1.52. The van der Waals surface area contributed by atoms with Crippen molar-refractivity contribution in [2.24, 2.45) is 0 Å². The van der Waals surface area contributed by atoms with Gasteiger partial charge in [-0.15, -0.1) is 0 Å². The first-order chi connectivity index (χ1) is 6.77. The third-order valence-corrected chi connectivity index (χ3v) is 2.41. The molecular weight excluding hydrogens is 174 g/mol. The molecule has 1 atom stereocenters. The summed E-state index contributed by atoms with van der Waals surface area (Å²) < 4.78 is 5.44. The first kappa shape index (κ1) is 11.1. The number of hydrogen-bond donors (Lipinski definition) is 1. The Bertz CT molecular complexity index is 256. The van der Waals surface area contributed by atoms with Crippen LogP contribution in [0.15, 0.2) is 24.3 Å². The number of unbranched alkanes of at least 4 members (excludes halogenated alkanes) is 1. The van der Waals surface area contributed by atoms with E-state index in [2.05, 4.69) is 6.92 Å². The molecular formula is C12H19NO. The zero-order valence-corrected chi connectivity index (χ0v) is 8.99. The lowest BCUT2D eigenvalue weighted by atomic mass is 10.0. The molecule has 0 saturated heterocycles. The van der Waals surface area contributed by atoms with E-state index in [0.717, 1.165) is 12.1 Å². The number of methoxy groups -OCH3 is 1. The SMILES string of the molecule is CCCC[C@@H](OC)c1ccc(N)cc1. The molecule has 2 N–H and O–H groups in total. The number of rotatable bonds is 5. The molecule has 0 fully saturated rings. The minimum atomic E-state index is 0.218. The standard InChI is InChI=1S/C12H19NO/c1-3-4-5-12(14-2)10-6-8-11(13)9-7-10/h6-9,12H,3-5,13H2,1-2H3/t12-/m1/s1. The van der Waals surface area contributed by atoms with Gasteiger partial charge in [-0.05, 0) is 24.1 Å². The first-order valence-corrected chi connectivity index (χ1v) is 5.16. The van der Waals surface area contributed by atoms with Crippen LogP contribution >= 0.6 is 0 Å². The smallest absolute Gasteiger partial charge is 0.0821 e. The molecule has 1 rings (SSSR count). The van der Waals surface area contributed by atoms with Gasteiger partial charge in [-0.3, -0.25) is 0 Å². The summed E-state index contributed by atoms with van der Waals surface area (Å²) in [6, 6.07) is 7.93. The van der Waals surface area contributed by atoms with E-state index in [-0.39, 0.29) is 6.10 Å². The fourth-order valence-corrected chi connectivity index (χ4v) is 1.52. The molecule has 0 spiro atoms. The summed E-state index contributed by atoms with van der Waals surface area (Å²) in [6.07, 6.45) is 3.70. The average Bonchev–Trinajstić information content (AvgIpc) is 2.21. The number of hydrogen-bond acceptors (Lipinski definition) is 2. The molecule has 0 aliphatic rings. The van der Waals surface area contributed by atoms with E-state index >= 15 is 0 Å². The Kier molecular flexibility index (Phi) is 4.47. The molecule has 2 nitrogen and oxygen atoms in total. The zero-order valence-electron chi connectivity index (χ0n) is 8.99. The van der Waals surface area contributed by atoms with E-state index in [1.54, 1.807) is 7.11 Å². The Morgan fingerprint density at radius 1 is 1.29 bits per heavy atom. The van der Waals surface area contributed by atoms with Gasteiger partial charge in [0.2, 0.25) is 0 Å². The molecule has 0 bridgehead atoms. The molecule has 0 aliphatic carbocycles. The van der Waals surface area contributed by atoms with Crippen molar-refractivity contribution in [3.8, 4) is 0 Å². The molecule has 0 saturated carbocycles. The van der Waals surface area contributed by atoms with Crippen LogP contribution in [0.5, 0.6) is 0 Å². The highest BCUT2D eigenvalue weighted by Crippen LogP contribution is 2.23. The van der Waals surface area contributed by atoms with Crippen LogP contribution in [0, 0.1) is 0 Å². The Hall–Kier alpha value is -1.02. The van der Waals surface area contributed by atoms with Crippen LogP contribution in [0.3, 0.4) is 0 Å². The van der Waals surface area contributed by atoms with E-state index in [9.17, 15) is 0 Å². The first-order valence-electron chi connectivity index (χ1n) is 5.16. The van der Waals surface area contributed by atoms with E-state index in [1.165, 1.54) is 18.4 Å². The lowest BCUT2D eigenvalue weighted by molar-refractivity contribution is 0.0936. The number of nitrogen functional groups attached to an aromatic ring is 1. The quantitative estimate of drug-likeness (QED) is 0.729. The minimum absolute atomic E-state index is 0.218. The molecule has 0 heterocycles. The van der Waals surface area contributed by atoms with Gasteiger partial charge in [0.15, 0.2) is 0 Å². The second kappa shape index (κ2) is 5.66. The third kappa shape index (κ3) is 3.04. The number of anilines is 1. The van der Waals surface area contributed by atoms with Crippen molar-refractivity contribution in [2.45, 2.75) is 32.3 Å². The highest BCUT2D eigenvalue weighted by molar-refractivity contribution is 5.39. The minimum Gasteiger partial charge on any atom is -0.399 e. The maximum atomic E-state index is 5.63. The number of nitrogens with two attached hydrogens (primary N) is 1. The Balaban J connectivity index is 2.64. The molecule has 2 heteroatoms. The third-order valence-electron chi connectivity index (χ3n) is 2.41. The molecule has 0 radical (unpaired) electrons. The molecule has 0 aliphatic heterocycles. The normalized spacial score (nSPS) is 12.7. The largest absolute Gasteiger partial charge is 0.399 e. The van der Waals surface area contributed by atoms with Crippen LogP contribution in [0.1, 0.15) is 37.9 Å². The predicted molar refractivity (Wildman–Crippen MR) is 60.1 cm³/mol. The summed E-state index contributed by atoms with van der Waals surface area (Å²) in [5.74, 6) is 0. The molecule has 0 amide bonds. The van der Waals surface area contributed by atoms with Crippen LogP contribution in [0.25, 0.3) is 0 Å². The predicted octanol–water partition coefficient (Wildman–Crippen LogP) is 3.15. The van der Waals surface area contributed by atoms with Gasteiger partial charge < -0.3 is 10.5 Å². The summed E-state index contributed by atoms with van der Waals surface area (Å²) in [5.41, 5.74) is 7.65.